The maximum atomic E-state index is 14.6. The summed E-state index contributed by atoms with van der Waals surface area (Å²) in [5, 5.41) is 5.82. The summed E-state index contributed by atoms with van der Waals surface area (Å²) in [4.78, 5) is 27.1. The topological polar surface area (TPSA) is 87.5 Å². The van der Waals surface area contributed by atoms with Crippen LogP contribution in [0.5, 0.6) is 0 Å². The highest BCUT2D eigenvalue weighted by molar-refractivity contribution is 5.98. The van der Waals surface area contributed by atoms with Gasteiger partial charge in [-0.1, -0.05) is 18.2 Å². The van der Waals surface area contributed by atoms with Crippen LogP contribution in [0.2, 0.25) is 0 Å². The van der Waals surface area contributed by atoms with Gasteiger partial charge in [-0.3, -0.25) is 9.59 Å². The molecule has 1 fully saturated rings. The molecule has 0 radical (unpaired) electrons. The lowest BCUT2D eigenvalue weighted by Gasteiger charge is -2.27. The van der Waals surface area contributed by atoms with Crippen molar-refractivity contribution in [1.82, 2.24) is 0 Å². The summed E-state index contributed by atoms with van der Waals surface area (Å²) < 4.78 is 28.1. The predicted octanol–water partition coefficient (Wildman–Crippen LogP) is 4.73. The molecule has 0 spiro atoms. The van der Waals surface area contributed by atoms with Crippen molar-refractivity contribution < 1.29 is 18.4 Å². The first kappa shape index (κ1) is 23.4. The average molecular weight is 465 g/mol. The summed E-state index contributed by atoms with van der Waals surface area (Å²) in [6.45, 7) is 0.978. The summed E-state index contributed by atoms with van der Waals surface area (Å²) in [7, 11) is 0. The molecular weight excluding hydrogens is 438 g/mol. The van der Waals surface area contributed by atoms with Gasteiger partial charge in [0.15, 0.2) is 0 Å². The fourth-order valence-corrected chi connectivity index (χ4v) is 3.99. The second kappa shape index (κ2) is 10.4. The van der Waals surface area contributed by atoms with Crippen LogP contribution in [0.1, 0.15) is 36.4 Å². The third-order valence-corrected chi connectivity index (χ3v) is 5.78. The lowest BCUT2D eigenvalue weighted by Crippen LogP contribution is -2.35. The number of hydrogen-bond acceptors (Lipinski definition) is 4. The molecule has 1 aliphatic heterocycles. The molecule has 1 aliphatic rings. The van der Waals surface area contributed by atoms with Gasteiger partial charge in [-0.2, -0.15) is 0 Å². The Morgan fingerprint density at radius 3 is 2.50 bits per heavy atom. The number of halogens is 2. The highest BCUT2D eigenvalue weighted by atomic mass is 19.1. The van der Waals surface area contributed by atoms with Gasteiger partial charge < -0.3 is 21.3 Å². The number of nitrogens with one attached hydrogen (secondary N) is 2. The molecule has 4 N–H and O–H groups in total. The van der Waals surface area contributed by atoms with Crippen LogP contribution in [0.25, 0.3) is 0 Å². The Morgan fingerprint density at radius 1 is 1.00 bits per heavy atom. The van der Waals surface area contributed by atoms with Crippen LogP contribution in [-0.4, -0.2) is 18.4 Å². The number of hydrogen-bond donors (Lipinski definition) is 3. The van der Waals surface area contributed by atoms with Crippen molar-refractivity contribution in [3.8, 4) is 0 Å². The smallest absolute Gasteiger partial charge is 0.251 e. The highest BCUT2D eigenvalue weighted by Gasteiger charge is 2.25. The molecular formula is C26H26F2N4O2. The van der Waals surface area contributed by atoms with E-state index in [9.17, 15) is 18.4 Å². The molecule has 4 rings (SSSR count). The van der Waals surface area contributed by atoms with Crippen LogP contribution in [-0.2, 0) is 16.1 Å². The molecule has 176 valence electrons. The molecule has 0 bridgehead atoms. The van der Waals surface area contributed by atoms with Crippen LogP contribution in [0.3, 0.4) is 0 Å². The maximum absolute atomic E-state index is 14.6. The molecule has 1 atom stereocenters. The Balaban J connectivity index is 1.56. The zero-order chi connectivity index (χ0) is 24.1. The van der Waals surface area contributed by atoms with Crippen molar-refractivity contribution in [2.45, 2.75) is 31.8 Å². The second-order valence-electron chi connectivity index (χ2n) is 8.19. The predicted molar refractivity (Wildman–Crippen MR) is 128 cm³/mol. The highest BCUT2D eigenvalue weighted by Crippen LogP contribution is 2.27. The molecule has 34 heavy (non-hydrogen) atoms. The molecule has 2 amide bonds. The summed E-state index contributed by atoms with van der Waals surface area (Å²) in [5.74, 6) is -2.00. The number of anilines is 3. The normalized spacial score (nSPS) is 14.6. The van der Waals surface area contributed by atoms with Crippen LogP contribution in [0.4, 0.5) is 25.8 Å². The Bertz CT molecular complexity index is 1180. The molecule has 3 aromatic rings. The van der Waals surface area contributed by atoms with Crippen molar-refractivity contribution in [2.24, 2.45) is 5.73 Å². The van der Waals surface area contributed by atoms with Crippen LogP contribution in [0, 0.1) is 11.6 Å². The fraction of sp³-hybridized carbons (Fsp3) is 0.231. The van der Waals surface area contributed by atoms with Crippen molar-refractivity contribution in [3.63, 3.8) is 0 Å². The average Bonchev–Trinajstić information content (AvgIpc) is 2.84. The number of nitrogens with zero attached hydrogens (tertiary/aromatic N) is 1. The van der Waals surface area contributed by atoms with Crippen LogP contribution >= 0.6 is 0 Å². The zero-order valence-electron chi connectivity index (χ0n) is 18.6. The van der Waals surface area contributed by atoms with E-state index in [1.807, 2.05) is 6.07 Å². The van der Waals surface area contributed by atoms with E-state index >= 15 is 0 Å². The van der Waals surface area contributed by atoms with Crippen LogP contribution in [0.15, 0.2) is 66.7 Å². The van der Waals surface area contributed by atoms with Gasteiger partial charge in [0.25, 0.3) is 5.91 Å². The van der Waals surface area contributed by atoms with Gasteiger partial charge in [0.1, 0.15) is 17.7 Å². The van der Waals surface area contributed by atoms with Gasteiger partial charge in [0.2, 0.25) is 5.91 Å². The van der Waals surface area contributed by atoms with Gasteiger partial charge in [-0.15, -0.1) is 0 Å². The summed E-state index contributed by atoms with van der Waals surface area (Å²) in [5.41, 5.74) is 8.38. The number of carbonyl (C=O) groups is 2. The number of amides is 2. The minimum absolute atomic E-state index is 0.00702. The standard InChI is InChI=1S/C26H26F2N4O2/c27-18-7-12-22(23(28)15-18)25(30-20-5-3-4-17(14-20)16-29)26(34)31-19-8-10-21(11-9-19)32-13-2-1-6-24(32)33/h3-5,7-12,14-15,25,30H,1-2,6,13,16,29H2,(H,31,34)/t25-/m0/s1. The molecule has 6 nitrogen and oxygen atoms in total. The van der Waals surface area contributed by atoms with E-state index in [-0.39, 0.29) is 11.5 Å². The molecule has 0 saturated carbocycles. The first-order valence-electron chi connectivity index (χ1n) is 11.2. The second-order valence-corrected chi connectivity index (χ2v) is 8.19. The zero-order valence-corrected chi connectivity index (χ0v) is 18.6. The monoisotopic (exact) mass is 464 g/mol. The SMILES string of the molecule is NCc1cccc(N[C@H](C(=O)Nc2ccc(N3CCCCC3=O)cc2)c2ccc(F)cc2F)c1. The van der Waals surface area contributed by atoms with E-state index in [1.54, 1.807) is 47.4 Å². The molecule has 0 aliphatic carbocycles. The van der Waals surface area contributed by atoms with Crippen molar-refractivity contribution in [2.75, 3.05) is 22.1 Å². The van der Waals surface area contributed by atoms with Gasteiger partial charge in [0, 0.05) is 48.2 Å². The van der Waals surface area contributed by atoms with E-state index < -0.39 is 23.6 Å². The fourth-order valence-electron chi connectivity index (χ4n) is 3.99. The van der Waals surface area contributed by atoms with Gasteiger partial charge in [-0.25, -0.2) is 8.78 Å². The van der Waals surface area contributed by atoms with Crippen LogP contribution < -0.4 is 21.3 Å². The maximum Gasteiger partial charge on any atom is 0.251 e. The molecule has 8 heteroatoms. The van der Waals surface area contributed by atoms with E-state index in [0.29, 0.717) is 30.9 Å². The first-order valence-corrected chi connectivity index (χ1v) is 11.2. The molecule has 1 saturated heterocycles. The molecule has 1 heterocycles. The third-order valence-electron chi connectivity index (χ3n) is 5.78. The van der Waals surface area contributed by atoms with Gasteiger partial charge in [-0.05, 0) is 60.9 Å². The summed E-state index contributed by atoms with van der Waals surface area (Å²) in [6, 6.07) is 16.0. The van der Waals surface area contributed by atoms with E-state index in [2.05, 4.69) is 10.6 Å². The number of rotatable bonds is 7. The third kappa shape index (κ3) is 5.40. The molecule has 0 aromatic heterocycles. The summed E-state index contributed by atoms with van der Waals surface area (Å²) >= 11 is 0. The minimum Gasteiger partial charge on any atom is -0.370 e. The number of carbonyl (C=O) groups excluding carboxylic acids is 2. The summed E-state index contributed by atoms with van der Waals surface area (Å²) in [6.07, 6.45) is 2.37. The minimum atomic E-state index is -1.13. The van der Waals surface area contributed by atoms with Crippen molar-refractivity contribution in [3.05, 3.63) is 89.5 Å². The Kier molecular flexibility index (Phi) is 7.18. The lowest BCUT2D eigenvalue weighted by molar-refractivity contribution is -0.119. The Morgan fingerprint density at radius 2 is 1.79 bits per heavy atom. The number of nitrogens with two attached hydrogens (primary N) is 1. The van der Waals surface area contributed by atoms with E-state index in [0.717, 1.165) is 36.2 Å². The lowest BCUT2D eigenvalue weighted by atomic mass is 10.0. The molecule has 0 unspecified atom stereocenters. The first-order chi connectivity index (χ1) is 16.4. The largest absolute Gasteiger partial charge is 0.370 e. The van der Waals surface area contributed by atoms with Gasteiger partial charge in [0.05, 0.1) is 0 Å². The Labute approximate surface area is 196 Å². The Hall–Kier alpha value is -3.78. The quantitative estimate of drug-likeness (QED) is 0.472. The molecule has 3 aromatic carbocycles. The van der Waals surface area contributed by atoms with Crippen molar-refractivity contribution in [1.29, 1.82) is 0 Å². The van der Waals surface area contributed by atoms with E-state index in [1.165, 1.54) is 6.07 Å². The van der Waals surface area contributed by atoms with Crippen molar-refractivity contribution >= 4 is 28.9 Å². The van der Waals surface area contributed by atoms with E-state index in [4.69, 9.17) is 5.73 Å². The van der Waals surface area contributed by atoms with Gasteiger partial charge >= 0.3 is 0 Å². The number of piperidine rings is 1. The number of benzene rings is 3.